The first-order chi connectivity index (χ1) is 7.68. The van der Waals surface area contributed by atoms with Crippen molar-refractivity contribution in [1.82, 2.24) is 10.2 Å². The molecule has 0 aromatic rings. The first kappa shape index (κ1) is 14.1. The number of ether oxygens (including phenoxy) is 1. The van der Waals surface area contributed by atoms with Gasteiger partial charge >= 0.3 is 0 Å². The Morgan fingerprint density at radius 1 is 1.31 bits per heavy atom. The highest BCUT2D eigenvalue weighted by molar-refractivity contribution is 7.85. The molecule has 0 bridgehead atoms. The van der Waals surface area contributed by atoms with Crippen LogP contribution >= 0.6 is 0 Å². The molecule has 0 aromatic heterocycles. The summed E-state index contributed by atoms with van der Waals surface area (Å²) in [6.45, 7) is 3.45. The second-order valence-electron chi connectivity index (χ2n) is 4.49. The topological polar surface area (TPSA) is 41.6 Å². The highest BCUT2D eigenvalue weighted by atomic mass is 32.2. The van der Waals surface area contributed by atoms with Crippen molar-refractivity contribution >= 4 is 10.8 Å². The fourth-order valence-corrected chi connectivity index (χ4v) is 2.98. The lowest BCUT2D eigenvalue weighted by Gasteiger charge is -2.22. The maximum Gasteiger partial charge on any atom is 0.0593 e. The Kier molecular flexibility index (Phi) is 7.20. The van der Waals surface area contributed by atoms with Gasteiger partial charge in [-0.1, -0.05) is 0 Å². The van der Waals surface area contributed by atoms with Crippen molar-refractivity contribution in [3.63, 3.8) is 0 Å². The minimum atomic E-state index is -0.553. The van der Waals surface area contributed by atoms with Gasteiger partial charge in [0.25, 0.3) is 0 Å². The maximum absolute atomic E-state index is 11.1. The lowest BCUT2D eigenvalue weighted by atomic mass is 10.1. The van der Waals surface area contributed by atoms with Crippen LogP contribution in [0.25, 0.3) is 0 Å². The molecule has 1 aliphatic heterocycles. The Hall–Kier alpha value is 0.0300. The molecule has 0 aliphatic carbocycles. The molecule has 0 amide bonds. The molecule has 0 radical (unpaired) electrons. The molecule has 1 rings (SSSR count). The van der Waals surface area contributed by atoms with Gasteiger partial charge in [-0.25, -0.2) is 0 Å². The summed E-state index contributed by atoms with van der Waals surface area (Å²) >= 11 is 0. The second-order valence-corrected chi connectivity index (χ2v) is 6.19. The largest absolute Gasteiger partial charge is 0.379 e. The molecule has 96 valence electrons. The Bertz CT molecular complexity index is 202. The molecule has 0 spiro atoms. The van der Waals surface area contributed by atoms with Crippen molar-refractivity contribution in [2.45, 2.75) is 18.9 Å². The summed E-state index contributed by atoms with van der Waals surface area (Å²) in [6.07, 6.45) is 2.09. The van der Waals surface area contributed by atoms with Crippen molar-refractivity contribution in [1.29, 1.82) is 0 Å². The van der Waals surface area contributed by atoms with Crippen LogP contribution in [0.5, 0.6) is 0 Å². The van der Waals surface area contributed by atoms with E-state index in [2.05, 4.69) is 10.2 Å². The Morgan fingerprint density at radius 2 is 2.00 bits per heavy atom. The van der Waals surface area contributed by atoms with E-state index >= 15 is 0 Å². The van der Waals surface area contributed by atoms with Crippen LogP contribution in [0.3, 0.4) is 0 Å². The summed E-state index contributed by atoms with van der Waals surface area (Å²) in [5, 5.41) is 3.46. The molecule has 5 heteroatoms. The van der Waals surface area contributed by atoms with E-state index in [1.165, 1.54) is 0 Å². The van der Waals surface area contributed by atoms with Crippen molar-refractivity contribution < 1.29 is 8.95 Å². The van der Waals surface area contributed by atoms with Gasteiger partial charge in [0.05, 0.1) is 13.2 Å². The number of nitrogens with zero attached hydrogens (tertiary/aromatic N) is 1. The first-order valence-electron chi connectivity index (χ1n) is 5.99. The zero-order valence-corrected chi connectivity index (χ0v) is 11.2. The van der Waals surface area contributed by atoms with E-state index < -0.39 is 10.8 Å². The van der Waals surface area contributed by atoms with E-state index in [0.717, 1.165) is 50.7 Å². The van der Waals surface area contributed by atoms with E-state index in [0.29, 0.717) is 6.04 Å². The van der Waals surface area contributed by atoms with Gasteiger partial charge in [0.15, 0.2) is 0 Å². The van der Waals surface area contributed by atoms with Gasteiger partial charge in [-0.2, -0.15) is 0 Å². The van der Waals surface area contributed by atoms with E-state index in [9.17, 15) is 4.21 Å². The zero-order chi connectivity index (χ0) is 11.8. The quantitative estimate of drug-likeness (QED) is 0.647. The summed E-state index contributed by atoms with van der Waals surface area (Å²) < 4.78 is 16.6. The van der Waals surface area contributed by atoms with E-state index in [4.69, 9.17) is 4.74 Å². The Labute approximate surface area is 101 Å². The predicted molar refractivity (Wildman–Crippen MR) is 68.3 cm³/mol. The number of nitrogens with one attached hydrogen (secondary N) is 1. The fraction of sp³-hybridized carbons (Fsp3) is 1.00. The van der Waals surface area contributed by atoms with Crippen LogP contribution in [0.15, 0.2) is 0 Å². The Balaban J connectivity index is 1.89. The first-order valence-corrected chi connectivity index (χ1v) is 7.48. The molecule has 0 atom stereocenters. The van der Waals surface area contributed by atoms with Crippen molar-refractivity contribution in [2.75, 3.05) is 51.9 Å². The minimum absolute atomic E-state index is 0.551. The van der Waals surface area contributed by atoms with Crippen molar-refractivity contribution in [2.24, 2.45) is 0 Å². The van der Waals surface area contributed by atoms with Crippen LogP contribution in [0.2, 0.25) is 0 Å². The van der Waals surface area contributed by atoms with Crippen LogP contribution in [0.1, 0.15) is 12.8 Å². The second kappa shape index (κ2) is 8.17. The maximum atomic E-state index is 11.1. The van der Waals surface area contributed by atoms with Crippen LogP contribution in [0.4, 0.5) is 0 Å². The molecule has 1 N–H and O–H groups in total. The smallest absolute Gasteiger partial charge is 0.0593 e. The molecule has 1 fully saturated rings. The lowest BCUT2D eigenvalue weighted by Crippen LogP contribution is -2.37. The molecular formula is C11H24N2O2S. The average molecular weight is 248 g/mol. The highest BCUT2D eigenvalue weighted by Crippen LogP contribution is 2.08. The number of likely N-dealkylation sites (N-methyl/N-ethyl adjacent to an activating group) is 1. The van der Waals surface area contributed by atoms with Crippen LogP contribution in [-0.2, 0) is 15.5 Å². The van der Waals surface area contributed by atoms with E-state index in [1.54, 1.807) is 0 Å². The molecule has 16 heavy (non-hydrogen) atoms. The van der Waals surface area contributed by atoms with Crippen LogP contribution in [0, 0.1) is 0 Å². The van der Waals surface area contributed by atoms with Crippen molar-refractivity contribution in [3.8, 4) is 0 Å². The van der Waals surface area contributed by atoms with Crippen LogP contribution in [-0.4, -0.2) is 67.1 Å². The lowest BCUT2D eigenvalue weighted by molar-refractivity contribution is 0.117. The highest BCUT2D eigenvalue weighted by Gasteiger charge is 2.16. The fourth-order valence-electron chi connectivity index (χ4n) is 1.68. The van der Waals surface area contributed by atoms with Gasteiger partial charge in [0, 0.05) is 41.4 Å². The van der Waals surface area contributed by atoms with Gasteiger partial charge in [-0.15, -0.1) is 0 Å². The monoisotopic (exact) mass is 248 g/mol. The van der Waals surface area contributed by atoms with Gasteiger partial charge in [-0.3, -0.25) is 4.21 Å². The number of hydrogen-bond acceptors (Lipinski definition) is 4. The van der Waals surface area contributed by atoms with Gasteiger partial charge in [0.1, 0.15) is 0 Å². The third kappa shape index (κ3) is 6.58. The van der Waals surface area contributed by atoms with Gasteiger partial charge in [0.2, 0.25) is 0 Å². The molecule has 0 aromatic carbocycles. The normalized spacial score (nSPS) is 26.2. The molecule has 0 unspecified atom stereocenters. The standard InChI is InChI=1S/C11H24N2O2S/c1-13(2)6-8-15-7-5-12-11-3-9-16(14)10-4-11/h11-12H,3-10H2,1-2H3. The summed E-state index contributed by atoms with van der Waals surface area (Å²) in [6, 6.07) is 0.551. The van der Waals surface area contributed by atoms with Gasteiger partial charge < -0.3 is 15.0 Å². The molecule has 1 aliphatic rings. The molecule has 1 saturated heterocycles. The summed E-state index contributed by atoms with van der Waals surface area (Å²) in [5.74, 6) is 1.72. The predicted octanol–water partition coefficient (Wildman–Crippen LogP) is 0.0653. The average Bonchev–Trinajstić information content (AvgIpc) is 2.25. The molecule has 1 heterocycles. The van der Waals surface area contributed by atoms with E-state index in [-0.39, 0.29) is 0 Å². The van der Waals surface area contributed by atoms with Crippen LogP contribution < -0.4 is 5.32 Å². The van der Waals surface area contributed by atoms with E-state index in [1.807, 2.05) is 14.1 Å². The SMILES string of the molecule is CN(C)CCOCCNC1CCS(=O)CC1. The Morgan fingerprint density at radius 3 is 2.62 bits per heavy atom. The third-order valence-corrected chi connectivity index (χ3v) is 4.13. The van der Waals surface area contributed by atoms with Crippen molar-refractivity contribution in [3.05, 3.63) is 0 Å². The molecule has 0 saturated carbocycles. The summed E-state index contributed by atoms with van der Waals surface area (Å²) in [7, 11) is 3.54. The number of rotatable bonds is 7. The van der Waals surface area contributed by atoms with Gasteiger partial charge in [-0.05, 0) is 26.9 Å². The minimum Gasteiger partial charge on any atom is -0.379 e. The third-order valence-electron chi connectivity index (χ3n) is 2.75. The number of hydrogen-bond donors (Lipinski definition) is 1. The molecule has 4 nitrogen and oxygen atoms in total. The summed E-state index contributed by atoms with van der Waals surface area (Å²) in [5.41, 5.74) is 0. The molecular weight excluding hydrogens is 224 g/mol. The zero-order valence-electron chi connectivity index (χ0n) is 10.4. The summed E-state index contributed by atoms with van der Waals surface area (Å²) in [4.78, 5) is 2.11.